The Kier molecular flexibility index (Phi) is 7.37. The summed E-state index contributed by atoms with van der Waals surface area (Å²) in [6, 6.07) is 47.1. The Labute approximate surface area is 319 Å². The predicted molar refractivity (Wildman–Crippen MR) is 231 cm³/mol. The smallest absolute Gasteiger partial charge is 0.169 e. The molecule has 3 heterocycles. The molecule has 0 aliphatic heterocycles. The monoisotopic (exact) mass is 713 g/mol. The van der Waals surface area contributed by atoms with Crippen LogP contribution >= 0.6 is 11.3 Å². The van der Waals surface area contributed by atoms with Gasteiger partial charge in [0.2, 0.25) is 0 Å². The molecule has 10 rings (SSSR count). The lowest BCUT2D eigenvalue weighted by Crippen LogP contribution is -1.94. The summed E-state index contributed by atoms with van der Waals surface area (Å²) in [5.74, 6) is 0.847. The molecule has 7 aromatic carbocycles. The van der Waals surface area contributed by atoms with E-state index in [1.807, 2.05) is 11.3 Å². The Morgan fingerprint density at radius 1 is 0.444 bits per heavy atom. The largest absolute Gasteiger partial charge is 0.274 e. The minimum Gasteiger partial charge on any atom is -0.274 e. The van der Waals surface area contributed by atoms with Crippen LogP contribution in [0.15, 0.2) is 127 Å². The Balaban J connectivity index is 1.18. The number of hydrogen-bond acceptors (Lipinski definition) is 3. The molecule has 0 N–H and O–H groups in total. The van der Waals surface area contributed by atoms with Gasteiger partial charge in [0, 0.05) is 42.1 Å². The number of para-hydroxylation sites is 1. The molecule has 0 aliphatic carbocycles. The van der Waals surface area contributed by atoms with Gasteiger partial charge >= 0.3 is 0 Å². The van der Waals surface area contributed by atoms with Gasteiger partial charge in [0.1, 0.15) is 0 Å². The number of aromatic nitrogens is 3. The molecule has 0 atom stereocenters. The molecule has 54 heavy (non-hydrogen) atoms. The number of nitrogens with zero attached hydrogens (tertiary/aromatic N) is 3. The van der Waals surface area contributed by atoms with Crippen molar-refractivity contribution in [3.63, 3.8) is 0 Å². The lowest BCUT2D eigenvalue weighted by atomic mass is 9.89. The lowest BCUT2D eigenvalue weighted by Gasteiger charge is -2.15. The van der Waals surface area contributed by atoms with E-state index in [4.69, 9.17) is 10.2 Å². The zero-order chi connectivity index (χ0) is 36.8. The van der Waals surface area contributed by atoms with E-state index in [9.17, 15) is 0 Å². The number of thiophene rings is 1. The van der Waals surface area contributed by atoms with Crippen molar-refractivity contribution in [2.24, 2.45) is 0 Å². The van der Waals surface area contributed by atoms with E-state index >= 15 is 0 Å². The molecule has 3 aromatic heterocycles. The quantitative estimate of drug-likeness (QED) is 0.170. The number of fused-ring (bicyclic) bond motifs is 9. The van der Waals surface area contributed by atoms with Crippen molar-refractivity contribution in [2.45, 2.75) is 41.5 Å². The zero-order valence-electron chi connectivity index (χ0n) is 31.4. The lowest BCUT2D eigenvalue weighted by molar-refractivity contribution is 1.12. The van der Waals surface area contributed by atoms with Crippen LogP contribution < -0.4 is 0 Å². The van der Waals surface area contributed by atoms with E-state index in [-0.39, 0.29) is 0 Å². The fourth-order valence-electron chi connectivity index (χ4n) is 9.15. The fourth-order valence-corrected chi connectivity index (χ4v) is 10.3. The highest BCUT2D eigenvalue weighted by molar-refractivity contribution is 7.26. The number of rotatable bonds is 4. The Bertz CT molecular complexity index is 3110. The zero-order valence-corrected chi connectivity index (χ0v) is 32.2. The SMILES string of the molecule is Cc1cc(C)c(-c2ccc3sc4c(-c5ccc(-c6nnc7c8ccccc8c8ccccc8n67)cc5)cc(-c5c(C)cc(C)cc5C)cc4c3c2)c(C)c1. The Morgan fingerprint density at radius 2 is 1.00 bits per heavy atom. The normalized spacial score (nSPS) is 11.9. The van der Waals surface area contributed by atoms with Crippen LogP contribution in [0.2, 0.25) is 0 Å². The van der Waals surface area contributed by atoms with Gasteiger partial charge in [-0.25, -0.2) is 0 Å². The van der Waals surface area contributed by atoms with Crippen molar-refractivity contribution in [3.8, 4) is 44.8 Å². The molecule has 0 amide bonds. The first-order chi connectivity index (χ1) is 26.2. The highest BCUT2D eigenvalue weighted by Gasteiger charge is 2.19. The summed E-state index contributed by atoms with van der Waals surface area (Å²) in [4.78, 5) is 0. The van der Waals surface area contributed by atoms with Crippen molar-refractivity contribution >= 4 is 58.8 Å². The molecular formula is C50H39N3S. The second-order valence-corrected chi connectivity index (χ2v) is 16.1. The predicted octanol–water partition coefficient (Wildman–Crippen LogP) is 13.9. The van der Waals surface area contributed by atoms with Crippen molar-refractivity contribution in [1.82, 2.24) is 14.6 Å². The molecule has 0 radical (unpaired) electrons. The highest BCUT2D eigenvalue weighted by atomic mass is 32.1. The number of hydrogen-bond donors (Lipinski definition) is 0. The van der Waals surface area contributed by atoms with Crippen LogP contribution in [0.25, 0.3) is 92.3 Å². The fraction of sp³-hybridized carbons (Fsp3) is 0.120. The third-order valence-electron chi connectivity index (χ3n) is 11.2. The van der Waals surface area contributed by atoms with Gasteiger partial charge in [-0.15, -0.1) is 21.5 Å². The summed E-state index contributed by atoms with van der Waals surface area (Å²) in [5.41, 5.74) is 18.5. The highest BCUT2D eigenvalue weighted by Crippen LogP contribution is 2.45. The summed E-state index contributed by atoms with van der Waals surface area (Å²) in [6.45, 7) is 13.3. The summed E-state index contributed by atoms with van der Waals surface area (Å²) < 4.78 is 4.83. The van der Waals surface area contributed by atoms with Crippen molar-refractivity contribution < 1.29 is 0 Å². The average Bonchev–Trinajstić information content (AvgIpc) is 3.77. The second-order valence-electron chi connectivity index (χ2n) is 15.1. The molecule has 3 nitrogen and oxygen atoms in total. The topological polar surface area (TPSA) is 30.2 Å². The van der Waals surface area contributed by atoms with Crippen LogP contribution in [0.5, 0.6) is 0 Å². The second kappa shape index (κ2) is 12.2. The molecule has 10 aromatic rings. The number of benzene rings is 7. The van der Waals surface area contributed by atoms with Crippen molar-refractivity contribution in [3.05, 3.63) is 161 Å². The summed E-state index contributed by atoms with van der Waals surface area (Å²) in [5, 5.41) is 15.6. The van der Waals surface area contributed by atoms with Gasteiger partial charge in [-0.1, -0.05) is 108 Å². The van der Waals surface area contributed by atoms with Crippen LogP contribution in [-0.4, -0.2) is 14.6 Å². The molecule has 0 bridgehead atoms. The average molecular weight is 714 g/mol. The van der Waals surface area contributed by atoms with Crippen LogP contribution in [0, 0.1) is 41.5 Å². The third-order valence-corrected chi connectivity index (χ3v) is 12.4. The van der Waals surface area contributed by atoms with E-state index in [1.165, 1.54) is 97.7 Å². The van der Waals surface area contributed by atoms with E-state index in [1.54, 1.807) is 0 Å². The Morgan fingerprint density at radius 3 is 1.69 bits per heavy atom. The van der Waals surface area contributed by atoms with E-state index in [0.29, 0.717) is 0 Å². The molecule has 0 fully saturated rings. The van der Waals surface area contributed by atoms with Gasteiger partial charge in [-0.2, -0.15) is 0 Å². The van der Waals surface area contributed by atoms with Gasteiger partial charge in [-0.3, -0.25) is 4.40 Å². The number of pyridine rings is 1. The summed E-state index contributed by atoms with van der Waals surface area (Å²) in [6.07, 6.45) is 0. The molecule has 4 heteroatoms. The molecule has 0 aliphatic rings. The van der Waals surface area contributed by atoms with Gasteiger partial charge < -0.3 is 0 Å². The first-order valence-electron chi connectivity index (χ1n) is 18.7. The summed E-state index contributed by atoms with van der Waals surface area (Å²) in [7, 11) is 0. The first-order valence-corrected chi connectivity index (χ1v) is 19.5. The van der Waals surface area contributed by atoms with Gasteiger partial charge in [-0.05, 0) is 127 Å². The van der Waals surface area contributed by atoms with E-state index in [2.05, 4.69) is 173 Å². The van der Waals surface area contributed by atoms with Crippen LogP contribution in [0.3, 0.4) is 0 Å². The van der Waals surface area contributed by atoms with Crippen LogP contribution in [-0.2, 0) is 0 Å². The minimum absolute atomic E-state index is 0.847. The standard InChI is InChI=1S/C50H39N3S/c1-28-21-30(3)46(31(4)22-28)36-19-20-45-42(25-36)43-27-37(47-32(5)23-29(2)24-33(47)6)26-41(48(43)54-45)34-15-17-35(18-16-34)49-51-52-50-40-13-8-7-11-38(40)39-12-9-10-14-44(39)53(49)50/h7-27H,1-6H3. The maximum Gasteiger partial charge on any atom is 0.169 e. The summed E-state index contributed by atoms with van der Waals surface area (Å²) >= 11 is 1.89. The van der Waals surface area contributed by atoms with E-state index in [0.717, 1.165) is 27.9 Å². The molecule has 0 spiro atoms. The van der Waals surface area contributed by atoms with E-state index < -0.39 is 0 Å². The van der Waals surface area contributed by atoms with Crippen molar-refractivity contribution in [1.29, 1.82) is 0 Å². The first kappa shape index (κ1) is 32.5. The van der Waals surface area contributed by atoms with Crippen LogP contribution in [0.4, 0.5) is 0 Å². The molecule has 0 unspecified atom stereocenters. The number of aryl methyl sites for hydroxylation is 6. The maximum atomic E-state index is 4.79. The van der Waals surface area contributed by atoms with Gasteiger partial charge in [0.05, 0.1) is 5.52 Å². The van der Waals surface area contributed by atoms with Gasteiger partial charge in [0.25, 0.3) is 0 Å². The molecule has 260 valence electrons. The Hall–Kier alpha value is -6.10. The van der Waals surface area contributed by atoms with Gasteiger partial charge in [0.15, 0.2) is 11.5 Å². The molecule has 0 saturated heterocycles. The maximum absolute atomic E-state index is 4.79. The third kappa shape index (κ3) is 5.01. The molecular weight excluding hydrogens is 675 g/mol. The van der Waals surface area contributed by atoms with Crippen molar-refractivity contribution in [2.75, 3.05) is 0 Å². The molecule has 0 saturated carbocycles. The minimum atomic E-state index is 0.847. The van der Waals surface area contributed by atoms with Crippen LogP contribution in [0.1, 0.15) is 33.4 Å².